The van der Waals surface area contributed by atoms with Crippen LogP contribution in [0.15, 0.2) is 36.4 Å². The number of carboxylic acids is 1. The van der Waals surface area contributed by atoms with E-state index >= 15 is 0 Å². The van der Waals surface area contributed by atoms with Crippen LogP contribution in [0, 0.1) is 0 Å². The number of amides is 1. The maximum absolute atomic E-state index is 11.8. The summed E-state index contributed by atoms with van der Waals surface area (Å²) in [4.78, 5) is 27.4. The summed E-state index contributed by atoms with van der Waals surface area (Å²) in [5.41, 5.74) is 1.54. The molecule has 0 aliphatic carbocycles. The summed E-state index contributed by atoms with van der Waals surface area (Å²) in [6.45, 7) is 1.90. The van der Waals surface area contributed by atoms with Crippen molar-refractivity contribution in [2.75, 3.05) is 14.2 Å². The highest BCUT2D eigenvalue weighted by atomic mass is 16.5. The number of carboxylic acid groups (broad SMARTS) is 1. The van der Waals surface area contributed by atoms with Gasteiger partial charge in [0.1, 0.15) is 11.4 Å². The third kappa shape index (κ3) is 3.66. The number of rotatable bonds is 5. The first-order valence-corrected chi connectivity index (χ1v) is 7.07. The van der Waals surface area contributed by atoms with Crippen LogP contribution >= 0.6 is 0 Å². The maximum atomic E-state index is 11.8. The van der Waals surface area contributed by atoms with E-state index in [1.54, 1.807) is 7.11 Å². The van der Waals surface area contributed by atoms with E-state index in [0.717, 1.165) is 5.56 Å². The standard InChI is InChI=1S/C17H18N2O4/c1-10(11-5-4-6-13(7-11)23-3)14-8-12(17(21)22)9-15(19-14)16(20)18-2/h4-10H,1-3H3,(H,18,20)(H,21,22). The Bertz CT molecular complexity index is 743. The van der Waals surface area contributed by atoms with Crippen LogP contribution in [0.4, 0.5) is 0 Å². The molecule has 2 N–H and O–H groups in total. The lowest BCUT2D eigenvalue weighted by Crippen LogP contribution is -2.21. The Morgan fingerprint density at radius 2 is 2.00 bits per heavy atom. The summed E-state index contributed by atoms with van der Waals surface area (Å²) in [6, 6.07) is 10.2. The minimum absolute atomic E-state index is 0.0309. The van der Waals surface area contributed by atoms with Gasteiger partial charge in [0, 0.05) is 18.7 Å². The highest BCUT2D eigenvalue weighted by molar-refractivity contribution is 5.95. The number of benzene rings is 1. The van der Waals surface area contributed by atoms with Crippen molar-refractivity contribution in [3.8, 4) is 5.75 Å². The molecule has 120 valence electrons. The van der Waals surface area contributed by atoms with Gasteiger partial charge in [-0.3, -0.25) is 4.79 Å². The number of aromatic carboxylic acids is 1. The molecule has 0 bridgehead atoms. The summed E-state index contributed by atoms with van der Waals surface area (Å²) in [5.74, 6) is -1.01. The minimum Gasteiger partial charge on any atom is -0.497 e. The summed E-state index contributed by atoms with van der Waals surface area (Å²) in [5, 5.41) is 11.7. The SMILES string of the molecule is CNC(=O)c1cc(C(=O)O)cc(C(C)c2cccc(OC)c2)n1. The molecule has 23 heavy (non-hydrogen) atoms. The van der Waals surface area contributed by atoms with Crippen molar-refractivity contribution in [3.05, 3.63) is 58.9 Å². The van der Waals surface area contributed by atoms with Crippen LogP contribution < -0.4 is 10.1 Å². The highest BCUT2D eigenvalue weighted by Gasteiger charge is 2.17. The monoisotopic (exact) mass is 314 g/mol. The highest BCUT2D eigenvalue weighted by Crippen LogP contribution is 2.26. The number of nitrogens with one attached hydrogen (secondary N) is 1. The van der Waals surface area contributed by atoms with Crippen molar-refractivity contribution in [2.45, 2.75) is 12.8 Å². The third-order valence-electron chi connectivity index (χ3n) is 3.59. The number of carbonyl (C=O) groups excluding carboxylic acids is 1. The smallest absolute Gasteiger partial charge is 0.335 e. The number of carbonyl (C=O) groups is 2. The summed E-state index contributed by atoms with van der Waals surface area (Å²) < 4.78 is 5.20. The lowest BCUT2D eigenvalue weighted by Gasteiger charge is -2.14. The molecule has 1 aromatic carbocycles. The van der Waals surface area contributed by atoms with Crippen LogP contribution in [-0.4, -0.2) is 36.1 Å². The van der Waals surface area contributed by atoms with Crippen molar-refractivity contribution in [2.24, 2.45) is 0 Å². The molecule has 1 aromatic heterocycles. The topological polar surface area (TPSA) is 88.5 Å². The molecule has 1 amide bonds. The second-order valence-corrected chi connectivity index (χ2v) is 5.05. The molecule has 0 fully saturated rings. The van der Waals surface area contributed by atoms with E-state index in [2.05, 4.69) is 10.3 Å². The van der Waals surface area contributed by atoms with Gasteiger partial charge in [-0.05, 0) is 29.8 Å². The number of hydrogen-bond acceptors (Lipinski definition) is 4. The van der Waals surface area contributed by atoms with Gasteiger partial charge >= 0.3 is 5.97 Å². The summed E-state index contributed by atoms with van der Waals surface area (Å²) in [7, 11) is 3.05. The van der Waals surface area contributed by atoms with Crippen LogP contribution in [0.25, 0.3) is 0 Å². The van der Waals surface area contributed by atoms with Crippen molar-refractivity contribution < 1.29 is 19.4 Å². The zero-order valence-corrected chi connectivity index (χ0v) is 13.2. The van der Waals surface area contributed by atoms with E-state index in [9.17, 15) is 14.7 Å². The molecule has 2 rings (SSSR count). The second-order valence-electron chi connectivity index (χ2n) is 5.05. The lowest BCUT2D eigenvalue weighted by atomic mass is 9.95. The van der Waals surface area contributed by atoms with Gasteiger partial charge in [-0.1, -0.05) is 19.1 Å². The Morgan fingerprint density at radius 1 is 1.26 bits per heavy atom. The van der Waals surface area contributed by atoms with E-state index in [-0.39, 0.29) is 17.2 Å². The van der Waals surface area contributed by atoms with Crippen LogP contribution in [-0.2, 0) is 0 Å². The molecular weight excluding hydrogens is 296 g/mol. The number of hydrogen-bond donors (Lipinski definition) is 2. The van der Waals surface area contributed by atoms with Crippen LogP contribution in [0.3, 0.4) is 0 Å². The van der Waals surface area contributed by atoms with Crippen LogP contribution in [0.5, 0.6) is 5.75 Å². The van der Waals surface area contributed by atoms with Crippen LogP contribution in [0.1, 0.15) is 44.9 Å². The predicted molar refractivity (Wildman–Crippen MR) is 85.1 cm³/mol. The number of pyridine rings is 1. The second kappa shape index (κ2) is 6.91. The van der Waals surface area contributed by atoms with Gasteiger partial charge in [0.05, 0.1) is 12.7 Å². The normalized spacial score (nSPS) is 11.6. The van der Waals surface area contributed by atoms with E-state index in [1.165, 1.54) is 19.2 Å². The summed E-state index contributed by atoms with van der Waals surface area (Å²) in [6.07, 6.45) is 0. The Morgan fingerprint density at radius 3 is 2.61 bits per heavy atom. The Labute approximate surface area is 134 Å². The molecular formula is C17H18N2O4. The molecule has 2 aromatic rings. The largest absolute Gasteiger partial charge is 0.497 e. The molecule has 1 heterocycles. The lowest BCUT2D eigenvalue weighted by molar-refractivity contribution is 0.0696. The number of ether oxygens (including phenoxy) is 1. The van der Waals surface area contributed by atoms with Crippen LogP contribution in [0.2, 0.25) is 0 Å². The first kappa shape index (κ1) is 16.5. The summed E-state index contributed by atoms with van der Waals surface area (Å²) >= 11 is 0. The van der Waals surface area contributed by atoms with Gasteiger partial charge in [0.25, 0.3) is 5.91 Å². The van der Waals surface area contributed by atoms with E-state index in [4.69, 9.17) is 4.74 Å². The van der Waals surface area contributed by atoms with Gasteiger partial charge in [-0.15, -0.1) is 0 Å². The first-order valence-electron chi connectivity index (χ1n) is 7.07. The van der Waals surface area contributed by atoms with Gasteiger partial charge in [0.2, 0.25) is 0 Å². The zero-order chi connectivity index (χ0) is 17.0. The molecule has 1 atom stereocenters. The first-order chi connectivity index (χ1) is 11.0. The zero-order valence-electron chi connectivity index (χ0n) is 13.2. The van der Waals surface area contributed by atoms with Crippen molar-refractivity contribution in [1.29, 1.82) is 0 Å². The van der Waals surface area contributed by atoms with E-state index in [1.807, 2.05) is 31.2 Å². The maximum Gasteiger partial charge on any atom is 0.335 e. The molecule has 0 aliphatic heterocycles. The van der Waals surface area contributed by atoms with Gasteiger partial charge in [-0.2, -0.15) is 0 Å². The van der Waals surface area contributed by atoms with Gasteiger partial charge in [-0.25, -0.2) is 9.78 Å². The van der Waals surface area contributed by atoms with Crippen molar-refractivity contribution in [3.63, 3.8) is 0 Å². The van der Waals surface area contributed by atoms with E-state index < -0.39 is 11.9 Å². The fraction of sp³-hybridized carbons (Fsp3) is 0.235. The Hall–Kier alpha value is -2.89. The fourth-order valence-corrected chi connectivity index (χ4v) is 2.22. The molecule has 6 nitrogen and oxygen atoms in total. The molecule has 1 unspecified atom stereocenters. The Kier molecular flexibility index (Phi) is 4.95. The number of methoxy groups -OCH3 is 1. The molecule has 6 heteroatoms. The molecule has 0 saturated carbocycles. The molecule has 0 aliphatic rings. The fourth-order valence-electron chi connectivity index (χ4n) is 2.22. The van der Waals surface area contributed by atoms with Crippen molar-refractivity contribution in [1.82, 2.24) is 10.3 Å². The third-order valence-corrected chi connectivity index (χ3v) is 3.59. The molecule has 0 saturated heterocycles. The average Bonchev–Trinajstić information content (AvgIpc) is 2.59. The minimum atomic E-state index is -1.10. The van der Waals surface area contributed by atoms with Gasteiger partial charge in [0.15, 0.2) is 0 Å². The van der Waals surface area contributed by atoms with Crippen molar-refractivity contribution >= 4 is 11.9 Å². The average molecular weight is 314 g/mol. The molecule has 0 radical (unpaired) electrons. The predicted octanol–water partition coefficient (Wildman–Crippen LogP) is 2.30. The van der Waals surface area contributed by atoms with E-state index in [0.29, 0.717) is 11.4 Å². The van der Waals surface area contributed by atoms with Gasteiger partial charge < -0.3 is 15.2 Å². The molecule has 0 spiro atoms. The Balaban J connectivity index is 2.49. The number of aromatic nitrogens is 1. The quantitative estimate of drug-likeness (QED) is 0.884. The number of nitrogens with zero attached hydrogens (tertiary/aromatic N) is 1.